The van der Waals surface area contributed by atoms with Crippen LogP contribution in [0, 0.1) is 0 Å². The van der Waals surface area contributed by atoms with Crippen LogP contribution >= 0.6 is 0 Å². The molecule has 0 aromatic carbocycles. The number of nitrogens with zero attached hydrogens (tertiary/aromatic N) is 2. The normalized spacial score (nSPS) is 13.2. The lowest BCUT2D eigenvalue weighted by atomic mass is 10.2. The summed E-state index contributed by atoms with van der Waals surface area (Å²) >= 11 is 0. The van der Waals surface area contributed by atoms with Gasteiger partial charge in [0, 0.05) is 30.9 Å². The first kappa shape index (κ1) is 10.2. The van der Waals surface area contributed by atoms with E-state index in [-0.39, 0.29) is 6.04 Å². The van der Waals surface area contributed by atoms with Crippen molar-refractivity contribution in [1.82, 2.24) is 15.1 Å². The molecule has 1 aromatic rings. The predicted octanol–water partition coefficient (Wildman–Crippen LogP) is 0.512. The summed E-state index contributed by atoms with van der Waals surface area (Å²) in [6.45, 7) is 3.72. The molecule has 0 aliphatic heterocycles. The maximum atomic E-state index is 5.60. The second kappa shape index (κ2) is 4.99. The molecule has 0 fully saturated rings. The second-order valence-corrected chi connectivity index (χ2v) is 3.11. The average Bonchev–Trinajstić information content (AvgIpc) is 2.56. The molecule has 1 unspecified atom stereocenters. The zero-order valence-corrected chi connectivity index (χ0v) is 8.33. The van der Waals surface area contributed by atoms with Crippen LogP contribution in [0.5, 0.6) is 0 Å². The van der Waals surface area contributed by atoms with Crippen LogP contribution in [-0.2, 0) is 6.54 Å². The second-order valence-electron chi connectivity index (χ2n) is 3.11. The van der Waals surface area contributed by atoms with E-state index >= 15 is 0 Å². The van der Waals surface area contributed by atoms with Crippen molar-refractivity contribution in [2.24, 2.45) is 5.73 Å². The van der Waals surface area contributed by atoms with E-state index in [1.165, 1.54) is 5.56 Å². The van der Waals surface area contributed by atoms with Crippen molar-refractivity contribution >= 4 is 0 Å². The van der Waals surface area contributed by atoms with Crippen molar-refractivity contribution < 1.29 is 0 Å². The summed E-state index contributed by atoms with van der Waals surface area (Å²) in [5.74, 6) is 0. The number of aromatic nitrogens is 2. The largest absolute Gasteiger partial charge is 0.329 e. The van der Waals surface area contributed by atoms with Crippen LogP contribution in [0.4, 0.5) is 0 Å². The number of nitrogens with two attached hydrogens (primary N) is 1. The number of hydrogen-bond donors (Lipinski definition) is 2. The number of aryl methyl sites for hydroxylation is 1. The van der Waals surface area contributed by atoms with Gasteiger partial charge in [0.25, 0.3) is 0 Å². The van der Waals surface area contributed by atoms with Crippen LogP contribution in [0.25, 0.3) is 0 Å². The first-order valence-electron chi connectivity index (χ1n) is 4.71. The number of nitrogens with one attached hydrogen (secondary N) is 1. The summed E-state index contributed by atoms with van der Waals surface area (Å²) < 4.78 is 1.95. The topological polar surface area (TPSA) is 55.9 Å². The zero-order valence-electron chi connectivity index (χ0n) is 8.33. The number of rotatable bonds is 5. The fraction of sp³-hybridized carbons (Fsp3) is 0.667. The SMILES string of the molecule is CCCn1cc(C(CN)NC)cn1. The van der Waals surface area contributed by atoms with Gasteiger partial charge in [-0.1, -0.05) is 6.92 Å². The molecule has 4 nitrogen and oxygen atoms in total. The third-order valence-corrected chi connectivity index (χ3v) is 2.09. The van der Waals surface area contributed by atoms with E-state index in [0.717, 1.165) is 13.0 Å². The Morgan fingerprint density at radius 1 is 1.69 bits per heavy atom. The minimum Gasteiger partial charge on any atom is -0.329 e. The summed E-state index contributed by atoms with van der Waals surface area (Å²) in [5, 5.41) is 7.39. The molecule has 0 aliphatic rings. The standard InChI is InChI=1S/C9H18N4/c1-3-4-13-7-8(6-12-13)9(5-10)11-2/h6-7,9,11H,3-5,10H2,1-2H3. The molecule has 0 amide bonds. The predicted molar refractivity (Wildman–Crippen MR) is 53.4 cm³/mol. The van der Waals surface area contributed by atoms with Crippen molar-refractivity contribution in [2.45, 2.75) is 25.9 Å². The lowest BCUT2D eigenvalue weighted by Crippen LogP contribution is -2.24. The molecule has 0 saturated carbocycles. The summed E-state index contributed by atoms with van der Waals surface area (Å²) in [5.41, 5.74) is 6.76. The van der Waals surface area contributed by atoms with E-state index in [4.69, 9.17) is 5.73 Å². The van der Waals surface area contributed by atoms with Crippen molar-refractivity contribution in [2.75, 3.05) is 13.6 Å². The fourth-order valence-electron chi connectivity index (χ4n) is 1.33. The van der Waals surface area contributed by atoms with Crippen LogP contribution < -0.4 is 11.1 Å². The van der Waals surface area contributed by atoms with E-state index in [2.05, 4.69) is 23.5 Å². The van der Waals surface area contributed by atoms with E-state index < -0.39 is 0 Å². The summed E-state index contributed by atoms with van der Waals surface area (Å²) in [6.07, 6.45) is 5.04. The Labute approximate surface area is 79.1 Å². The zero-order chi connectivity index (χ0) is 9.68. The minimum atomic E-state index is 0.227. The molecule has 4 heteroatoms. The van der Waals surface area contributed by atoms with Gasteiger partial charge in [0.2, 0.25) is 0 Å². The van der Waals surface area contributed by atoms with E-state index in [1.807, 2.05) is 17.9 Å². The molecule has 1 heterocycles. The Bertz CT molecular complexity index is 240. The van der Waals surface area contributed by atoms with Gasteiger partial charge in [0.05, 0.1) is 6.20 Å². The Morgan fingerprint density at radius 3 is 3.00 bits per heavy atom. The van der Waals surface area contributed by atoms with Gasteiger partial charge >= 0.3 is 0 Å². The molecule has 0 bridgehead atoms. The quantitative estimate of drug-likeness (QED) is 0.697. The molecule has 1 rings (SSSR count). The average molecular weight is 182 g/mol. The Balaban J connectivity index is 2.66. The lowest BCUT2D eigenvalue weighted by Gasteiger charge is -2.10. The van der Waals surface area contributed by atoms with Crippen LogP contribution in [0.2, 0.25) is 0 Å². The molecule has 1 aromatic heterocycles. The Morgan fingerprint density at radius 2 is 2.46 bits per heavy atom. The maximum Gasteiger partial charge on any atom is 0.0538 e. The first-order valence-corrected chi connectivity index (χ1v) is 4.71. The summed E-state index contributed by atoms with van der Waals surface area (Å²) in [6, 6.07) is 0.227. The van der Waals surface area contributed by atoms with Crippen molar-refractivity contribution in [3.63, 3.8) is 0 Å². The molecule has 1 atom stereocenters. The van der Waals surface area contributed by atoms with Crippen molar-refractivity contribution in [1.29, 1.82) is 0 Å². The Kier molecular flexibility index (Phi) is 3.92. The highest BCUT2D eigenvalue weighted by Crippen LogP contribution is 2.09. The van der Waals surface area contributed by atoms with Crippen molar-refractivity contribution in [3.8, 4) is 0 Å². The van der Waals surface area contributed by atoms with E-state index in [9.17, 15) is 0 Å². The van der Waals surface area contributed by atoms with Gasteiger partial charge in [-0.2, -0.15) is 5.10 Å². The van der Waals surface area contributed by atoms with Gasteiger partial charge in [-0.05, 0) is 13.5 Å². The third-order valence-electron chi connectivity index (χ3n) is 2.09. The minimum absolute atomic E-state index is 0.227. The monoisotopic (exact) mass is 182 g/mol. The fourth-order valence-corrected chi connectivity index (χ4v) is 1.33. The van der Waals surface area contributed by atoms with Gasteiger partial charge in [-0.15, -0.1) is 0 Å². The highest BCUT2D eigenvalue weighted by molar-refractivity contribution is 5.10. The van der Waals surface area contributed by atoms with Crippen molar-refractivity contribution in [3.05, 3.63) is 18.0 Å². The van der Waals surface area contributed by atoms with Gasteiger partial charge in [-0.3, -0.25) is 4.68 Å². The van der Waals surface area contributed by atoms with Crippen LogP contribution in [0.1, 0.15) is 24.9 Å². The number of likely N-dealkylation sites (N-methyl/N-ethyl adjacent to an activating group) is 1. The molecule has 3 N–H and O–H groups in total. The van der Waals surface area contributed by atoms with Crippen LogP contribution in [0.3, 0.4) is 0 Å². The van der Waals surface area contributed by atoms with Gasteiger partial charge in [0.15, 0.2) is 0 Å². The number of hydrogen-bond acceptors (Lipinski definition) is 3. The van der Waals surface area contributed by atoms with Gasteiger partial charge < -0.3 is 11.1 Å². The molecule has 0 spiro atoms. The molecule has 0 saturated heterocycles. The maximum absolute atomic E-state index is 5.60. The molecule has 0 radical (unpaired) electrons. The Hall–Kier alpha value is -0.870. The summed E-state index contributed by atoms with van der Waals surface area (Å²) in [7, 11) is 1.91. The van der Waals surface area contributed by atoms with Gasteiger partial charge in [-0.25, -0.2) is 0 Å². The van der Waals surface area contributed by atoms with Crippen LogP contribution in [-0.4, -0.2) is 23.4 Å². The van der Waals surface area contributed by atoms with Gasteiger partial charge in [0.1, 0.15) is 0 Å². The summed E-state index contributed by atoms with van der Waals surface area (Å²) in [4.78, 5) is 0. The smallest absolute Gasteiger partial charge is 0.0538 e. The first-order chi connectivity index (χ1) is 6.31. The molecule has 74 valence electrons. The van der Waals surface area contributed by atoms with E-state index in [0.29, 0.717) is 6.54 Å². The molecular weight excluding hydrogens is 164 g/mol. The molecular formula is C9H18N4. The highest BCUT2D eigenvalue weighted by atomic mass is 15.3. The lowest BCUT2D eigenvalue weighted by molar-refractivity contribution is 0.590. The highest BCUT2D eigenvalue weighted by Gasteiger charge is 2.08. The van der Waals surface area contributed by atoms with E-state index in [1.54, 1.807) is 0 Å². The molecule has 13 heavy (non-hydrogen) atoms. The third kappa shape index (κ3) is 2.54. The van der Waals surface area contributed by atoms with Crippen LogP contribution in [0.15, 0.2) is 12.4 Å². The molecule has 0 aliphatic carbocycles.